The molecule has 0 aliphatic carbocycles. The van der Waals surface area contributed by atoms with E-state index in [1.165, 1.54) is 0 Å². The van der Waals surface area contributed by atoms with E-state index in [2.05, 4.69) is 16.0 Å². The lowest BCUT2D eigenvalue weighted by Crippen LogP contribution is -2.40. The Labute approximate surface area is 152 Å². The van der Waals surface area contributed by atoms with Crippen LogP contribution in [0, 0.1) is 17.5 Å². The monoisotopic (exact) mass is 379 g/mol. The molecule has 0 atom stereocenters. The van der Waals surface area contributed by atoms with Gasteiger partial charge >= 0.3 is 0 Å². The van der Waals surface area contributed by atoms with E-state index in [-0.39, 0.29) is 19.6 Å². The minimum Gasteiger partial charge on any atom is -0.353 e. The molecule has 0 unspecified atom stereocenters. The first kappa shape index (κ1) is 20.0. The van der Waals surface area contributed by atoms with Crippen LogP contribution in [0.3, 0.4) is 0 Å². The molecule has 0 heterocycles. The van der Waals surface area contributed by atoms with Crippen LogP contribution >= 0.6 is 0 Å². The van der Waals surface area contributed by atoms with Crippen molar-refractivity contribution in [3.8, 4) is 0 Å². The molecule has 0 radical (unpaired) electrons. The Hall–Kier alpha value is -3.36. The summed E-state index contributed by atoms with van der Waals surface area (Å²) in [7, 11) is 0. The van der Waals surface area contributed by atoms with Crippen molar-refractivity contribution in [1.82, 2.24) is 16.0 Å². The lowest BCUT2D eigenvalue weighted by atomic mass is 10.2. The number of benzene rings is 2. The van der Waals surface area contributed by atoms with Crippen molar-refractivity contribution in [3.05, 3.63) is 71.0 Å². The second-order valence-electron chi connectivity index (χ2n) is 5.38. The van der Waals surface area contributed by atoms with Crippen LogP contribution in [0.4, 0.5) is 13.2 Å². The molecule has 0 aliphatic heterocycles. The van der Waals surface area contributed by atoms with Crippen molar-refractivity contribution in [3.63, 3.8) is 0 Å². The average molecular weight is 379 g/mol. The van der Waals surface area contributed by atoms with Gasteiger partial charge in [-0.1, -0.05) is 18.2 Å². The highest BCUT2D eigenvalue weighted by Crippen LogP contribution is 2.14. The predicted molar refractivity (Wildman–Crippen MR) is 90.4 cm³/mol. The molecule has 3 N–H and O–H groups in total. The zero-order chi connectivity index (χ0) is 19.8. The van der Waals surface area contributed by atoms with Gasteiger partial charge in [-0.15, -0.1) is 0 Å². The van der Waals surface area contributed by atoms with Gasteiger partial charge in [-0.2, -0.15) is 0 Å². The summed E-state index contributed by atoms with van der Waals surface area (Å²) >= 11 is 0. The van der Waals surface area contributed by atoms with Gasteiger partial charge in [0.25, 0.3) is 11.8 Å². The number of rotatable bonds is 7. The summed E-state index contributed by atoms with van der Waals surface area (Å²) in [5.41, 5.74) is -0.235. The zero-order valence-corrected chi connectivity index (χ0v) is 14.0. The molecular weight excluding hydrogens is 363 g/mol. The Balaban J connectivity index is 1.70. The van der Waals surface area contributed by atoms with Crippen molar-refractivity contribution >= 4 is 17.7 Å². The first-order chi connectivity index (χ1) is 12.9. The molecule has 0 saturated heterocycles. The Kier molecular flexibility index (Phi) is 6.93. The van der Waals surface area contributed by atoms with Crippen LogP contribution in [0.1, 0.15) is 20.7 Å². The highest BCUT2D eigenvalue weighted by molar-refractivity contribution is 5.96. The normalized spacial score (nSPS) is 10.2. The van der Waals surface area contributed by atoms with E-state index >= 15 is 0 Å². The summed E-state index contributed by atoms with van der Waals surface area (Å²) in [6.45, 7) is -0.341. The van der Waals surface area contributed by atoms with Gasteiger partial charge in [0.15, 0.2) is 17.5 Å². The van der Waals surface area contributed by atoms with E-state index in [9.17, 15) is 27.6 Å². The highest BCUT2D eigenvalue weighted by Gasteiger charge is 2.18. The van der Waals surface area contributed by atoms with Gasteiger partial charge in [0, 0.05) is 18.7 Å². The number of hydrogen-bond acceptors (Lipinski definition) is 3. The fourth-order valence-electron chi connectivity index (χ4n) is 2.09. The maximum absolute atomic E-state index is 13.5. The Morgan fingerprint density at radius 2 is 1.41 bits per heavy atom. The van der Waals surface area contributed by atoms with Crippen molar-refractivity contribution in [2.24, 2.45) is 0 Å². The summed E-state index contributed by atoms with van der Waals surface area (Å²) in [6, 6.07) is 9.79. The number of nitrogens with one attached hydrogen (secondary N) is 3. The lowest BCUT2D eigenvalue weighted by Gasteiger charge is -2.09. The first-order valence-corrected chi connectivity index (χ1v) is 7.91. The summed E-state index contributed by atoms with van der Waals surface area (Å²) in [5.74, 6) is -6.56. The molecule has 2 aromatic carbocycles. The standard InChI is InChI=1S/C18H16F3N3O3/c19-13-7-6-12(15(20)16(13)21)18(27)23-9-8-22-14(25)10-24-17(26)11-4-2-1-3-5-11/h1-7H,8-10H2,(H,22,25)(H,23,27)(H,24,26). The molecule has 0 spiro atoms. The predicted octanol–water partition coefficient (Wildman–Crippen LogP) is 1.38. The summed E-state index contributed by atoms with van der Waals surface area (Å²) in [4.78, 5) is 35.1. The average Bonchev–Trinajstić information content (AvgIpc) is 2.68. The minimum atomic E-state index is -1.73. The van der Waals surface area contributed by atoms with Gasteiger partial charge in [-0.25, -0.2) is 13.2 Å². The van der Waals surface area contributed by atoms with Crippen LogP contribution in [0.25, 0.3) is 0 Å². The van der Waals surface area contributed by atoms with Crippen LogP contribution in [-0.4, -0.2) is 37.4 Å². The van der Waals surface area contributed by atoms with Gasteiger partial charge < -0.3 is 16.0 Å². The van der Waals surface area contributed by atoms with Gasteiger partial charge in [0.05, 0.1) is 12.1 Å². The minimum absolute atomic E-state index is 0.00290. The number of amides is 3. The van der Waals surface area contributed by atoms with Crippen molar-refractivity contribution in [2.75, 3.05) is 19.6 Å². The van der Waals surface area contributed by atoms with Crippen LogP contribution in [0.5, 0.6) is 0 Å². The van der Waals surface area contributed by atoms with E-state index in [1.807, 2.05) is 0 Å². The molecule has 6 nitrogen and oxygen atoms in total. The highest BCUT2D eigenvalue weighted by atomic mass is 19.2. The molecule has 0 saturated carbocycles. The molecule has 2 aromatic rings. The van der Waals surface area contributed by atoms with E-state index in [0.29, 0.717) is 11.6 Å². The SMILES string of the molecule is O=C(CNC(=O)c1ccccc1)NCCNC(=O)c1ccc(F)c(F)c1F. The third-order valence-electron chi connectivity index (χ3n) is 3.46. The molecule has 142 valence electrons. The molecule has 9 heteroatoms. The van der Waals surface area contributed by atoms with Crippen LogP contribution < -0.4 is 16.0 Å². The van der Waals surface area contributed by atoms with Crippen LogP contribution in [0.2, 0.25) is 0 Å². The van der Waals surface area contributed by atoms with Crippen LogP contribution in [0.15, 0.2) is 42.5 Å². The van der Waals surface area contributed by atoms with Gasteiger partial charge in [-0.3, -0.25) is 14.4 Å². The fraction of sp³-hybridized carbons (Fsp3) is 0.167. The summed E-state index contributed by atoms with van der Waals surface area (Å²) in [6.07, 6.45) is 0. The second kappa shape index (κ2) is 9.37. The zero-order valence-electron chi connectivity index (χ0n) is 14.0. The maximum atomic E-state index is 13.5. The van der Waals surface area contributed by atoms with Gasteiger partial charge in [0.1, 0.15) is 0 Å². The maximum Gasteiger partial charge on any atom is 0.254 e. The summed E-state index contributed by atoms with van der Waals surface area (Å²) < 4.78 is 39.4. The van der Waals surface area contributed by atoms with E-state index in [4.69, 9.17) is 0 Å². The number of halogens is 3. The molecule has 27 heavy (non-hydrogen) atoms. The van der Waals surface area contributed by atoms with E-state index in [0.717, 1.165) is 6.07 Å². The number of carbonyl (C=O) groups is 3. The third-order valence-corrected chi connectivity index (χ3v) is 3.46. The topological polar surface area (TPSA) is 87.3 Å². The van der Waals surface area contributed by atoms with Crippen LogP contribution in [-0.2, 0) is 4.79 Å². The Bertz CT molecular complexity index is 844. The Morgan fingerprint density at radius 1 is 0.741 bits per heavy atom. The molecule has 3 amide bonds. The lowest BCUT2D eigenvalue weighted by molar-refractivity contribution is -0.120. The van der Waals surface area contributed by atoms with Gasteiger partial charge in [0.2, 0.25) is 5.91 Å². The molecule has 0 fully saturated rings. The van der Waals surface area contributed by atoms with E-state index < -0.39 is 40.7 Å². The molecule has 0 aromatic heterocycles. The molecular formula is C18H16F3N3O3. The molecule has 0 aliphatic rings. The van der Waals surface area contributed by atoms with E-state index in [1.54, 1.807) is 30.3 Å². The fourth-order valence-corrected chi connectivity index (χ4v) is 2.09. The smallest absolute Gasteiger partial charge is 0.254 e. The van der Waals surface area contributed by atoms with Crippen molar-refractivity contribution in [1.29, 1.82) is 0 Å². The quantitative estimate of drug-likeness (QED) is 0.502. The van der Waals surface area contributed by atoms with Crippen molar-refractivity contribution in [2.45, 2.75) is 0 Å². The first-order valence-electron chi connectivity index (χ1n) is 7.91. The Morgan fingerprint density at radius 3 is 2.11 bits per heavy atom. The number of hydrogen-bond donors (Lipinski definition) is 3. The summed E-state index contributed by atoms with van der Waals surface area (Å²) in [5, 5.41) is 7.13. The number of carbonyl (C=O) groups excluding carboxylic acids is 3. The molecule has 0 bridgehead atoms. The third kappa shape index (κ3) is 5.56. The van der Waals surface area contributed by atoms with Gasteiger partial charge in [-0.05, 0) is 24.3 Å². The molecule has 2 rings (SSSR count). The second-order valence-corrected chi connectivity index (χ2v) is 5.38. The van der Waals surface area contributed by atoms with Crippen molar-refractivity contribution < 1.29 is 27.6 Å². The largest absolute Gasteiger partial charge is 0.353 e.